The van der Waals surface area contributed by atoms with Crippen LogP contribution in [0.5, 0.6) is 0 Å². The van der Waals surface area contributed by atoms with E-state index in [1.807, 2.05) is 0 Å². The summed E-state index contributed by atoms with van der Waals surface area (Å²) in [6, 6.07) is 1.12. The number of piperazine rings is 1. The number of hydrogen-bond acceptors (Lipinski definition) is 3. The van der Waals surface area contributed by atoms with Crippen LogP contribution < -0.4 is 11.3 Å². The summed E-state index contributed by atoms with van der Waals surface area (Å²) in [4.78, 5) is 9.44. The van der Waals surface area contributed by atoms with Crippen molar-refractivity contribution in [1.82, 2.24) is 15.2 Å². The van der Waals surface area contributed by atoms with Crippen LogP contribution in [0.3, 0.4) is 0 Å². The van der Waals surface area contributed by atoms with Crippen LogP contribution >= 0.6 is 0 Å². The van der Waals surface area contributed by atoms with Crippen molar-refractivity contribution in [2.45, 2.75) is 51.6 Å². The molecule has 3 N–H and O–H groups in total. The molecule has 0 aromatic carbocycles. The number of aliphatic imine (C=N–C) groups is 1. The van der Waals surface area contributed by atoms with Crippen LogP contribution in [0.25, 0.3) is 0 Å². The van der Waals surface area contributed by atoms with Crippen LogP contribution in [0, 0.1) is 0 Å². The molecule has 1 aliphatic heterocycles. The predicted octanol–water partition coefficient (Wildman–Crippen LogP) is 0.774. The second-order valence-electron chi connectivity index (χ2n) is 5.65. The SMILES string of the molecule is CC(C)N=C(NN)N1CCN(C2CCCC2)CC1. The van der Waals surface area contributed by atoms with Crippen molar-refractivity contribution in [2.24, 2.45) is 10.8 Å². The largest absolute Gasteiger partial charge is 0.339 e. The molecule has 0 bridgehead atoms. The molecule has 1 saturated carbocycles. The Kier molecular flexibility index (Phi) is 4.83. The van der Waals surface area contributed by atoms with Gasteiger partial charge < -0.3 is 4.90 Å². The average molecular weight is 253 g/mol. The molecule has 0 aromatic heterocycles. The van der Waals surface area contributed by atoms with E-state index in [1.165, 1.54) is 25.7 Å². The summed E-state index contributed by atoms with van der Waals surface area (Å²) in [6.07, 6.45) is 5.61. The van der Waals surface area contributed by atoms with Gasteiger partial charge in [-0.25, -0.2) is 10.8 Å². The van der Waals surface area contributed by atoms with Gasteiger partial charge in [-0.3, -0.25) is 10.3 Å². The van der Waals surface area contributed by atoms with Gasteiger partial charge in [-0.2, -0.15) is 0 Å². The standard InChI is InChI=1S/C13H27N5/c1-11(2)15-13(16-14)18-9-7-17(8-10-18)12-5-3-4-6-12/h11-12H,3-10,14H2,1-2H3,(H,15,16). The van der Waals surface area contributed by atoms with Gasteiger partial charge in [-0.05, 0) is 26.7 Å². The maximum Gasteiger partial charge on any atom is 0.208 e. The molecule has 1 heterocycles. The molecule has 18 heavy (non-hydrogen) atoms. The van der Waals surface area contributed by atoms with Gasteiger partial charge in [0.2, 0.25) is 5.96 Å². The van der Waals surface area contributed by atoms with Crippen molar-refractivity contribution in [3.63, 3.8) is 0 Å². The van der Waals surface area contributed by atoms with Gasteiger partial charge in [0.05, 0.1) is 0 Å². The molecular weight excluding hydrogens is 226 g/mol. The zero-order chi connectivity index (χ0) is 13.0. The van der Waals surface area contributed by atoms with Gasteiger partial charge >= 0.3 is 0 Å². The van der Waals surface area contributed by atoms with E-state index in [9.17, 15) is 0 Å². The smallest absolute Gasteiger partial charge is 0.208 e. The summed E-state index contributed by atoms with van der Waals surface area (Å²) in [7, 11) is 0. The lowest BCUT2D eigenvalue weighted by Gasteiger charge is -2.39. The third-order valence-corrected chi connectivity index (χ3v) is 3.96. The van der Waals surface area contributed by atoms with Gasteiger partial charge in [0.25, 0.3) is 0 Å². The van der Waals surface area contributed by atoms with E-state index >= 15 is 0 Å². The first-order chi connectivity index (χ1) is 8.70. The highest BCUT2D eigenvalue weighted by Crippen LogP contribution is 2.24. The summed E-state index contributed by atoms with van der Waals surface area (Å²) < 4.78 is 0. The summed E-state index contributed by atoms with van der Waals surface area (Å²) >= 11 is 0. The second-order valence-corrected chi connectivity index (χ2v) is 5.65. The maximum atomic E-state index is 5.57. The molecule has 0 amide bonds. The Morgan fingerprint density at radius 3 is 2.28 bits per heavy atom. The fraction of sp³-hybridized carbons (Fsp3) is 0.923. The van der Waals surface area contributed by atoms with Crippen molar-refractivity contribution in [1.29, 1.82) is 0 Å². The Hall–Kier alpha value is -0.810. The molecule has 0 radical (unpaired) electrons. The average Bonchev–Trinajstić information content (AvgIpc) is 2.90. The molecule has 5 heteroatoms. The molecule has 0 atom stereocenters. The topological polar surface area (TPSA) is 56.9 Å². The van der Waals surface area contributed by atoms with Gasteiger partial charge in [0.1, 0.15) is 0 Å². The highest BCUT2D eigenvalue weighted by molar-refractivity contribution is 5.79. The van der Waals surface area contributed by atoms with E-state index in [1.54, 1.807) is 0 Å². The van der Waals surface area contributed by atoms with Crippen LogP contribution in [0.4, 0.5) is 0 Å². The number of nitrogens with one attached hydrogen (secondary N) is 1. The Balaban J connectivity index is 1.85. The van der Waals surface area contributed by atoms with E-state index < -0.39 is 0 Å². The Morgan fingerprint density at radius 2 is 1.78 bits per heavy atom. The number of nitrogens with zero attached hydrogens (tertiary/aromatic N) is 3. The van der Waals surface area contributed by atoms with Crippen molar-refractivity contribution < 1.29 is 0 Å². The fourth-order valence-corrected chi connectivity index (χ4v) is 3.02. The highest BCUT2D eigenvalue weighted by atomic mass is 15.4. The monoisotopic (exact) mass is 253 g/mol. The lowest BCUT2D eigenvalue weighted by molar-refractivity contribution is 0.132. The Labute approximate surface area is 110 Å². The minimum Gasteiger partial charge on any atom is -0.339 e. The third kappa shape index (κ3) is 3.36. The Bertz CT molecular complexity index is 275. The molecular formula is C13H27N5. The first-order valence-corrected chi connectivity index (χ1v) is 7.24. The molecule has 0 aromatic rings. The molecule has 0 unspecified atom stereocenters. The van der Waals surface area contributed by atoms with Gasteiger partial charge in [0, 0.05) is 38.3 Å². The van der Waals surface area contributed by atoms with Crippen LogP contribution in [0.1, 0.15) is 39.5 Å². The first-order valence-electron chi connectivity index (χ1n) is 7.24. The second kappa shape index (κ2) is 6.38. The normalized spacial score (nSPS) is 24.0. The van der Waals surface area contributed by atoms with Crippen molar-refractivity contribution >= 4 is 5.96 Å². The predicted molar refractivity (Wildman–Crippen MR) is 75.3 cm³/mol. The van der Waals surface area contributed by atoms with Crippen molar-refractivity contribution in [2.75, 3.05) is 26.2 Å². The number of hydrazine groups is 1. The van der Waals surface area contributed by atoms with Crippen molar-refractivity contribution in [3.05, 3.63) is 0 Å². The molecule has 1 aliphatic carbocycles. The Morgan fingerprint density at radius 1 is 1.17 bits per heavy atom. The van der Waals surface area contributed by atoms with Crippen LogP contribution in [0.2, 0.25) is 0 Å². The molecule has 2 aliphatic rings. The molecule has 2 rings (SSSR count). The summed E-state index contributed by atoms with van der Waals surface area (Å²) in [5.41, 5.74) is 2.74. The minimum atomic E-state index is 0.281. The summed E-state index contributed by atoms with van der Waals surface area (Å²) in [5.74, 6) is 6.42. The third-order valence-electron chi connectivity index (χ3n) is 3.96. The number of guanidine groups is 1. The fourth-order valence-electron chi connectivity index (χ4n) is 3.02. The van der Waals surface area contributed by atoms with E-state index in [2.05, 4.69) is 34.1 Å². The van der Waals surface area contributed by atoms with Gasteiger partial charge in [-0.1, -0.05) is 12.8 Å². The van der Waals surface area contributed by atoms with E-state index in [-0.39, 0.29) is 6.04 Å². The van der Waals surface area contributed by atoms with Crippen LogP contribution in [-0.2, 0) is 0 Å². The van der Waals surface area contributed by atoms with Gasteiger partial charge in [-0.15, -0.1) is 0 Å². The van der Waals surface area contributed by atoms with Crippen LogP contribution in [-0.4, -0.2) is 54.0 Å². The summed E-state index contributed by atoms with van der Waals surface area (Å²) in [6.45, 7) is 8.50. The van der Waals surface area contributed by atoms with E-state index in [0.717, 1.165) is 38.2 Å². The molecule has 0 spiro atoms. The molecule has 104 valence electrons. The van der Waals surface area contributed by atoms with E-state index in [0.29, 0.717) is 0 Å². The minimum absolute atomic E-state index is 0.281. The lowest BCUT2D eigenvalue weighted by atomic mass is 10.2. The van der Waals surface area contributed by atoms with Crippen LogP contribution in [0.15, 0.2) is 4.99 Å². The van der Waals surface area contributed by atoms with E-state index in [4.69, 9.17) is 5.84 Å². The molecule has 1 saturated heterocycles. The zero-order valence-electron chi connectivity index (χ0n) is 11.7. The van der Waals surface area contributed by atoms with Gasteiger partial charge in [0.15, 0.2) is 0 Å². The number of hydrogen-bond donors (Lipinski definition) is 2. The van der Waals surface area contributed by atoms with Crippen molar-refractivity contribution in [3.8, 4) is 0 Å². The quantitative estimate of drug-likeness (QED) is 0.330. The first kappa shape index (κ1) is 13.6. The summed E-state index contributed by atoms with van der Waals surface area (Å²) in [5, 5.41) is 0. The number of rotatable bonds is 2. The molecule has 2 fully saturated rings. The maximum absolute atomic E-state index is 5.57. The lowest BCUT2D eigenvalue weighted by Crippen LogP contribution is -2.55. The highest BCUT2D eigenvalue weighted by Gasteiger charge is 2.27. The molecule has 5 nitrogen and oxygen atoms in total. The zero-order valence-corrected chi connectivity index (χ0v) is 11.7. The number of nitrogens with two attached hydrogens (primary N) is 1.